The van der Waals surface area contributed by atoms with Gasteiger partial charge in [0.2, 0.25) is 0 Å². The van der Waals surface area contributed by atoms with Gasteiger partial charge in [0.15, 0.2) is 0 Å². The predicted octanol–water partition coefficient (Wildman–Crippen LogP) is 2.14. The Morgan fingerprint density at radius 3 is 2.87 bits per heavy atom. The van der Waals surface area contributed by atoms with E-state index in [0.29, 0.717) is 23.0 Å². The first-order chi connectivity index (χ1) is 7.01. The largest absolute Gasteiger partial charge is 0.386 e. The van der Waals surface area contributed by atoms with Crippen LogP contribution in [0.15, 0.2) is 30.1 Å². The molecule has 2 nitrogen and oxygen atoms in total. The van der Waals surface area contributed by atoms with Crippen LogP contribution in [0.3, 0.4) is 0 Å². The van der Waals surface area contributed by atoms with Gasteiger partial charge in [-0.2, -0.15) is 0 Å². The molecule has 3 N–H and O–H groups in total. The van der Waals surface area contributed by atoms with Crippen molar-refractivity contribution in [1.82, 2.24) is 5.32 Å². The van der Waals surface area contributed by atoms with E-state index in [9.17, 15) is 4.39 Å². The molecule has 0 amide bonds. The molecule has 0 spiro atoms. The summed E-state index contributed by atoms with van der Waals surface area (Å²) >= 11 is 5.85. The maximum atomic E-state index is 13.6. The van der Waals surface area contributed by atoms with E-state index >= 15 is 0 Å². The molecule has 0 aromatic heterocycles. The maximum absolute atomic E-state index is 13.6. The van der Waals surface area contributed by atoms with Gasteiger partial charge in [-0.25, -0.2) is 4.39 Å². The molecular formula is C11H12ClFN2. The monoisotopic (exact) mass is 226 g/mol. The van der Waals surface area contributed by atoms with Crippen LogP contribution < -0.4 is 11.1 Å². The van der Waals surface area contributed by atoms with Gasteiger partial charge in [0, 0.05) is 22.5 Å². The quantitative estimate of drug-likeness (QED) is 0.770. The van der Waals surface area contributed by atoms with Gasteiger partial charge in [-0.05, 0) is 24.3 Å². The Balaban J connectivity index is 2.49. The Bertz CT molecular complexity index is 431. The van der Waals surface area contributed by atoms with E-state index in [2.05, 4.69) is 5.32 Å². The van der Waals surface area contributed by atoms with Gasteiger partial charge in [-0.1, -0.05) is 18.5 Å². The average molecular weight is 227 g/mol. The van der Waals surface area contributed by atoms with Crippen LogP contribution in [0.25, 0.3) is 0 Å². The second kappa shape index (κ2) is 3.42. The van der Waals surface area contributed by atoms with Crippen LogP contribution in [-0.4, -0.2) is 6.54 Å². The van der Waals surface area contributed by atoms with E-state index in [1.807, 2.05) is 13.0 Å². The first kappa shape index (κ1) is 10.3. The third kappa shape index (κ3) is 1.79. The summed E-state index contributed by atoms with van der Waals surface area (Å²) < 4.78 is 13.6. The zero-order valence-corrected chi connectivity index (χ0v) is 9.11. The summed E-state index contributed by atoms with van der Waals surface area (Å²) in [5.41, 5.74) is 5.78. The van der Waals surface area contributed by atoms with Gasteiger partial charge < -0.3 is 11.1 Å². The molecule has 1 aromatic carbocycles. The molecule has 1 heterocycles. The number of nitrogens with one attached hydrogen (secondary N) is 1. The van der Waals surface area contributed by atoms with Crippen molar-refractivity contribution in [2.45, 2.75) is 12.3 Å². The summed E-state index contributed by atoms with van der Waals surface area (Å²) in [6.07, 6.45) is 1.82. The number of rotatable bonds is 1. The van der Waals surface area contributed by atoms with Gasteiger partial charge in [0.1, 0.15) is 5.82 Å². The van der Waals surface area contributed by atoms with Crippen molar-refractivity contribution < 1.29 is 4.39 Å². The number of nitrogens with two attached hydrogens (primary N) is 1. The highest BCUT2D eigenvalue weighted by atomic mass is 35.5. The highest BCUT2D eigenvalue weighted by Gasteiger charge is 2.31. The zero-order valence-electron chi connectivity index (χ0n) is 8.35. The van der Waals surface area contributed by atoms with Crippen LogP contribution in [0.1, 0.15) is 12.5 Å². The third-order valence-electron chi connectivity index (χ3n) is 2.68. The molecule has 4 heteroatoms. The molecule has 1 aliphatic heterocycles. The molecule has 0 aliphatic carbocycles. The Hall–Kier alpha value is -1.22. The standard InChI is InChI=1S/C11H12ClFN2/c1-11(5-10(14)15-6-11)8-4-7(12)2-3-9(8)13/h2-5,15H,6,14H2,1H3/t11-/m1/s1. The van der Waals surface area contributed by atoms with E-state index in [4.69, 9.17) is 17.3 Å². The molecule has 1 atom stereocenters. The fourth-order valence-electron chi connectivity index (χ4n) is 1.84. The second-order valence-electron chi connectivity index (χ2n) is 3.99. The van der Waals surface area contributed by atoms with Gasteiger partial charge in [0.25, 0.3) is 0 Å². The van der Waals surface area contributed by atoms with E-state index in [-0.39, 0.29) is 5.82 Å². The molecule has 0 fully saturated rings. The summed E-state index contributed by atoms with van der Waals surface area (Å²) in [6, 6.07) is 4.57. The van der Waals surface area contributed by atoms with Crippen molar-refractivity contribution in [2.24, 2.45) is 5.73 Å². The Labute approximate surface area is 92.9 Å². The molecule has 0 unspecified atom stereocenters. The molecule has 15 heavy (non-hydrogen) atoms. The normalized spacial score (nSPS) is 24.9. The number of halogens is 2. The highest BCUT2D eigenvalue weighted by Crippen LogP contribution is 2.32. The lowest BCUT2D eigenvalue weighted by atomic mass is 9.83. The maximum Gasteiger partial charge on any atom is 0.127 e. The fourth-order valence-corrected chi connectivity index (χ4v) is 2.01. The number of hydrogen-bond acceptors (Lipinski definition) is 2. The topological polar surface area (TPSA) is 38.0 Å². The van der Waals surface area contributed by atoms with Gasteiger partial charge in [-0.15, -0.1) is 0 Å². The van der Waals surface area contributed by atoms with Gasteiger partial charge >= 0.3 is 0 Å². The number of benzene rings is 1. The van der Waals surface area contributed by atoms with Crippen LogP contribution >= 0.6 is 11.6 Å². The van der Waals surface area contributed by atoms with Crippen LogP contribution in [-0.2, 0) is 5.41 Å². The molecule has 0 saturated carbocycles. The first-order valence-corrected chi connectivity index (χ1v) is 5.07. The molecular weight excluding hydrogens is 215 g/mol. The Morgan fingerprint density at radius 2 is 2.27 bits per heavy atom. The number of hydrogen-bond donors (Lipinski definition) is 2. The SMILES string of the molecule is C[C@@]1(c2cc(Cl)ccc2F)C=C(N)NC1. The van der Waals surface area contributed by atoms with Crippen molar-refractivity contribution in [3.05, 3.63) is 46.5 Å². The zero-order chi connectivity index (χ0) is 11.1. The Morgan fingerprint density at radius 1 is 1.53 bits per heavy atom. The van der Waals surface area contributed by atoms with Gasteiger partial charge in [0.05, 0.1) is 5.82 Å². The van der Waals surface area contributed by atoms with Gasteiger partial charge in [-0.3, -0.25) is 0 Å². The minimum absolute atomic E-state index is 0.255. The average Bonchev–Trinajstić information content (AvgIpc) is 2.52. The smallest absolute Gasteiger partial charge is 0.127 e. The van der Waals surface area contributed by atoms with Crippen LogP contribution in [0, 0.1) is 5.82 Å². The Kier molecular flexibility index (Phi) is 2.35. The summed E-state index contributed by atoms with van der Waals surface area (Å²) in [6.45, 7) is 2.52. The summed E-state index contributed by atoms with van der Waals surface area (Å²) in [5, 5.41) is 3.52. The van der Waals surface area contributed by atoms with Crippen molar-refractivity contribution in [1.29, 1.82) is 0 Å². The van der Waals surface area contributed by atoms with E-state index in [1.165, 1.54) is 6.07 Å². The molecule has 0 bridgehead atoms. The van der Waals surface area contributed by atoms with Crippen LogP contribution in [0.5, 0.6) is 0 Å². The van der Waals surface area contributed by atoms with Crippen LogP contribution in [0.2, 0.25) is 5.02 Å². The van der Waals surface area contributed by atoms with E-state index in [0.717, 1.165) is 0 Å². The molecule has 2 rings (SSSR count). The predicted molar refractivity (Wildman–Crippen MR) is 59.0 cm³/mol. The van der Waals surface area contributed by atoms with Crippen molar-refractivity contribution >= 4 is 11.6 Å². The lowest BCUT2D eigenvalue weighted by molar-refractivity contribution is 0.535. The minimum atomic E-state index is -0.418. The first-order valence-electron chi connectivity index (χ1n) is 4.69. The van der Waals surface area contributed by atoms with E-state index < -0.39 is 5.41 Å². The van der Waals surface area contributed by atoms with E-state index in [1.54, 1.807) is 12.1 Å². The second-order valence-corrected chi connectivity index (χ2v) is 4.43. The minimum Gasteiger partial charge on any atom is -0.386 e. The molecule has 0 radical (unpaired) electrons. The van der Waals surface area contributed by atoms with Crippen molar-refractivity contribution in [3.63, 3.8) is 0 Å². The molecule has 0 saturated heterocycles. The summed E-state index contributed by atoms with van der Waals surface area (Å²) in [7, 11) is 0. The lowest BCUT2D eigenvalue weighted by Gasteiger charge is -2.22. The van der Waals surface area contributed by atoms with Crippen molar-refractivity contribution in [3.8, 4) is 0 Å². The summed E-state index contributed by atoms with van der Waals surface area (Å²) in [5.74, 6) is 0.325. The third-order valence-corrected chi connectivity index (χ3v) is 2.91. The molecule has 1 aliphatic rings. The lowest BCUT2D eigenvalue weighted by Crippen LogP contribution is -2.27. The molecule has 80 valence electrons. The van der Waals surface area contributed by atoms with Crippen molar-refractivity contribution in [2.75, 3.05) is 6.54 Å². The highest BCUT2D eigenvalue weighted by molar-refractivity contribution is 6.30. The summed E-state index contributed by atoms with van der Waals surface area (Å²) in [4.78, 5) is 0. The van der Waals surface area contributed by atoms with Crippen LogP contribution in [0.4, 0.5) is 4.39 Å². The molecule has 1 aromatic rings. The fraction of sp³-hybridized carbons (Fsp3) is 0.273.